The Labute approximate surface area is 141 Å². The number of para-hydroxylation sites is 2. The summed E-state index contributed by atoms with van der Waals surface area (Å²) in [4.78, 5) is 12.5. The van der Waals surface area contributed by atoms with Gasteiger partial charge in [-0.15, -0.1) is 0 Å². The zero-order valence-corrected chi connectivity index (χ0v) is 14.2. The quantitative estimate of drug-likeness (QED) is 0.849. The van der Waals surface area contributed by atoms with Gasteiger partial charge >= 0.3 is 0 Å². The Morgan fingerprint density at radius 3 is 2.57 bits per heavy atom. The molecule has 0 radical (unpaired) electrons. The molecule has 2 aromatic rings. The summed E-state index contributed by atoms with van der Waals surface area (Å²) < 4.78 is 11.1. The number of amides is 1. The monoisotopic (exact) mass is 333 g/mol. The van der Waals surface area contributed by atoms with Crippen molar-refractivity contribution in [2.75, 3.05) is 12.4 Å². The van der Waals surface area contributed by atoms with Gasteiger partial charge in [0.2, 0.25) is 0 Å². The predicted molar refractivity (Wildman–Crippen MR) is 92.5 cm³/mol. The summed E-state index contributed by atoms with van der Waals surface area (Å²) >= 11 is 5.98. The summed E-state index contributed by atoms with van der Waals surface area (Å²) in [5, 5.41) is 3.44. The summed E-state index contributed by atoms with van der Waals surface area (Å²) in [5.41, 5.74) is 1.62. The fourth-order valence-electron chi connectivity index (χ4n) is 2.13. The molecular formula is C18H20ClNO3. The van der Waals surface area contributed by atoms with Crippen molar-refractivity contribution in [1.82, 2.24) is 0 Å². The van der Waals surface area contributed by atoms with Crippen molar-refractivity contribution in [2.24, 2.45) is 0 Å². The highest BCUT2D eigenvalue weighted by Gasteiger charge is 2.20. The first-order valence-corrected chi connectivity index (χ1v) is 7.79. The lowest BCUT2D eigenvalue weighted by Crippen LogP contribution is -2.32. The van der Waals surface area contributed by atoms with E-state index in [0.29, 0.717) is 28.6 Å². The molecule has 122 valence electrons. The van der Waals surface area contributed by atoms with E-state index in [9.17, 15) is 4.79 Å². The summed E-state index contributed by atoms with van der Waals surface area (Å²) in [6.45, 7) is 3.80. The van der Waals surface area contributed by atoms with Crippen molar-refractivity contribution in [1.29, 1.82) is 0 Å². The molecule has 0 fully saturated rings. The number of methoxy groups -OCH3 is 1. The number of hydrogen-bond acceptors (Lipinski definition) is 3. The van der Waals surface area contributed by atoms with Gasteiger partial charge in [0.05, 0.1) is 7.11 Å². The molecule has 0 aliphatic heterocycles. The number of halogens is 1. The van der Waals surface area contributed by atoms with Gasteiger partial charge < -0.3 is 14.8 Å². The molecule has 0 saturated carbocycles. The third-order valence-electron chi connectivity index (χ3n) is 3.46. The molecule has 0 aromatic heterocycles. The molecule has 0 unspecified atom stereocenters. The average molecular weight is 334 g/mol. The maximum absolute atomic E-state index is 12.5. The summed E-state index contributed by atoms with van der Waals surface area (Å²) in [7, 11) is 1.57. The third kappa shape index (κ3) is 4.39. The molecule has 0 aliphatic carbocycles. The van der Waals surface area contributed by atoms with Crippen LogP contribution in [0.1, 0.15) is 18.9 Å². The van der Waals surface area contributed by atoms with Crippen LogP contribution in [-0.2, 0) is 4.79 Å². The van der Waals surface area contributed by atoms with Crippen LogP contribution in [0.4, 0.5) is 5.69 Å². The zero-order valence-electron chi connectivity index (χ0n) is 13.4. The molecule has 0 spiro atoms. The standard InChI is InChI=1S/C18H20ClNO3/c1-4-15(23-17-8-6-5-7-16(17)22-3)18(21)20-14-11-13(19)10-9-12(14)2/h5-11,15H,4H2,1-3H3,(H,20,21)/t15-/m1/s1. The number of rotatable bonds is 6. The summed E-state index contributed by atoms with van der Waals surface area (Å²) in [5.74, 6) is 0.918. The first-order chi connectivity index (χ1) is 11.0. The van der Waals surface area contributed by atoms with Crippen molar-refractivity contribution in [2.45, 2.75) is 26.4 Å². The minimum Gasteiger partial charge on any atom is -0.493 e. The number of benzene rings is 2. The molecular weight excluding hydrogens is 314 g/mol. The molecule has 1 amide bonds. The Kier molecular flexibility index (Phi) is 5.88. The second kappa shape index (κ2) is 7.88. The predicted octanol–water partition coefficient (Wildman–Crippen LogP) is 4.45. The second-order valence-corrected chi connectivity index (χ2v) is 5.55. The first kappa shape index (κ1) is 17.2. The van der Waals surface area contributed by atoms with E-state index >= 15 is 0 Å². The molecule has 1 atom stereocenters. The number of nitrogens with one attached hydrogen (secondary N) is 1. The number of anilines is 1. The zero-order chi connectivity index (χ0) is 16.8. The van der Waals surface area contributed by atoms with Crippen molar-refractivity contribution in [3.05, 3.63) is 53.1 Å². The molecule has 0 bridgehead atoms. The van der Waals surface area contributed by atoms with Crippen LogP contribution in [0, 0.1) is 6.92 Å². The van der Waals surface area contributed by atoms with Crippen LogP contribution in [0.25, 0.3) is 0 Å². The van der Waals surface area contributed by atoms with Gasteiger partial charge in [0, 0.05) is 10.7 Å². The topological polar surface area (TPSA) is 47.6 Å². The fraction of sp³-hybridized carbons (Fsp3) is 0.278. The number of aryl methyl sites for hydroxylation is 1. The van der Waals surface area contributed by atoms with Gasteiger partial charge in [-0.3, -0.25) is 4.79 Å². The molecule has 2 aromatic carbocycles. The minimum atomic E-state index is -0.621. The normalized spacial score (nSPS) is 11.7. The maximum atomic E-state index is 12.5. The van der Waals surface area contributed by atoms with E-state index in [1.807, 2.05) is 32.0 Å². The van der Waals surface area contributed by atoms with Crippen LogP contribution in [0.3, 0.4) is 0 Å². The van der Waals surface area contributed by atoms with E-state index in [-0.39, 0.29) is 5.91 Å². The Balaban J connectivity index is 2.14. The molecule has 5 heteroatoms. The van der Waals surface area contributed by atoms with Gasteiger partial charge in [-0.1, -0.05) is 36.7 Å². The number of carbonyl (C=O) groups excluding carboxylic acids is 1. The highest BCUT2D eigenvalue weighted by atomic mass is 35.5. The summed E-state index contributed by atoms with van der Waals surface area (Å²) in [6.07, 6.45) is -0.0894. The molecule has 0 heterocycles. The molecule has 0 aliphatic rings. The Bertz CT molecular complexity index is 688. The van der Waals surface area contributed by atoms with Crippen molar-refractivity contribution < 1.29 is 14.3 Å². The van der Waals surface area contributed by atoms with Crippen LogP contribution >= 0.6 is 11.6 Å². The van der Waals surface area contributed by atoms with E-state index in [1.165, 1.54) is 0 Å². The molecule has 4 nitrogen and oxygen atoms in total. The van der Waals surface area contributed by atoms with Crippen LogP contribution in [0.15, 0.2) is 42.5 Å². The Morgan fingerprint density at radius 1 is 1.22 bits per heavy atom. The SMILES string of the molecule is CC[C@@H](Oc1ccccc1OC)C(=O)Nc1cc(Cl)ccc1C. The van der Waals surface area contributed by atoms with E-state index in [4.69, 9.17) is 21.1 Å². The third-order valence-corrected chi connectivity index (χ3v) is 3.69. The van der Waals surface area contributed by atoms with Gasteiger partial charge in [0.15, 0.2) is 17.6 Å². The van der Waals surface area contributed by atoms with Crippen LogP contribution in [0.2, 0.25) is 5.02 Å². The van der Waals surface area contributed by atoms with E-state index in [2.05, 4.69) is 5.32 Å². The number of ether oxygens (including phenoxy) is 2. The van der Waals surface area contributed by atoms with E-state index in [0.717, 1.165) is 5.56 Å². The van der Waals surface area contributed by atoms with Gasteiger partial charge in [-0.25, -0.2) is 0 Å². The number of hydrogen-bond donors (Lipinski definition) is 1. The van der Waals surface area contributed by atoms with Crippen molar-refractivity contribution in [3.63, 3.8) is 0 Å². The highest BCUT2D eigenvalue weighted by molar-refractivity contribution is 6.31. The van der Waals surface area contributed by atoms with Crippen LogP contribution in [0.5, 0.6) is 11.5 Å². The molecule has 2 rings (SSSR count). The van der Waals surface area contributed by atoms with Gasteiger partial charge in [0.1, 0.15) is 0 Å². The first-order valence-electron chi connectivity index (χ1n) is 7.41. The highest BCUT2D eigenvalue weighted by Crippen LogP contribution is 2.28. The number of carbonyl (C=O) groups is 1. The van der Waals surface area contributed by atoms with Gasteiger partial charge in [-0.05, 0) is 43.2 Å². The Hall–Kier alpha value is -2.20. The van der Waals surface area contributed by atoms with Crippen molar-refractivity contribution in [3.8, 4) is 11.5 Å². The van der Waals surface area contributed by atoms with Gasteiger partial charge in [-0.2, -0.15) is 0 Å². The summed E-state index contributed by atoms with van der Waals surface area (Å²) in [6, 6.07) is 12.6. The minimum absolute atomic E-state index is 0.219. The lowest BCUT2D eigenvalue weighted by molar-refractivity contribution is -0.122. The average Bonchev–Trinajstić information content (AvgIpc) is 2.56. The largest absolute Gasteiger partial charge is 0.493 e. The lowest BCUT2D eigenvalue weighted by Gasteiger charge is -2.19. The second-order valence-electron chi connectivity index (χ2n) is 5.11. The van der Waals surface area contributed by atoms with E-state index in [1.54, 1.807) is 31.4 Å². The van der Waals surface area contributed by atoms with E-state index < -0.39 is 6.10 Å². The lowest BCUT2D eigenvalue weighted by atomic mass is 10.2. The fourth-order valence-corrected chi connectivity index (χ4v) is 2.31. The van der Waals surface area contributed by atoms with Crippen molar-refractivity contribution >= 4 is 23.2 Å². The Morgan fingerprint density at radius 2 is 1.91 bits per heavy atom. The molecule has 0 saturated heterocycles. The maximum Gasteiger partial charge on any atom is 0.265 e. The molecule has 23 heavy (non-hydrogen) atoms. The van der Waals surface area contributed by atoms with Crippen LogP contribution < -0.4 is 14.8 Å². The van der Waals surface area contributed by atoms with Gasteiger partial charge in [0.25, 0.3) is 5.91 Å². The molecule has 1 N–H and O–H groups in total. The van der Waals surface area contributed by atoms with Crippen LogP contribution in [-0.4, -0.2) is 19.1 Å². The smallest absolute Gasteiger partial charge is 0.265 e.